The Morgan fingerprint density at radius 3 is 2.56 bits per heavy atom. The average Bonchev–Trinajstić information content (AvgIpc) is 3.41. The Balaban J connectivity index is 1.65. The molecule has 0 unspecified atom stereocenters. The van der Waals surface area contributed by atoms with E-state index < -0.39 is 0 Å². The number of ether oxygens (including phenoxy) is 1. The Hall–Kier alpha value is -3.04. The fourth-order valence-corrected chi connectivity index (χ4v) is 5.20. The fourth-order valence-electron chi connectivity index (χ4n) is 3.84. The Bertz CT molecular complexity index is 1460. The van der Waals surface area contributed by atoms with Gasteiger partial charge < -0.3 is 9.64 Å². The molecular formula is C23H19BrN4O3S. The Morgan fingerprint density at radius 1 is 1.09 bits per heavy atom. The first-order valence-electron chi connectivity index (χ1n) is 10.3. The Labute approximate surface area is 196 Å². The summed E-state index contributed by atoms with van der Waals surface area (Å²) in [5.41, 5.74) is 2.45. The third-order valence-corrected chi connectivity index (χ3v) is 6.76. The van der Waals surface area contributed by atoms with Crippen LogP contribution in [-0.2, 0) is 4.79 Å². The number of aromatic nitrogens is 3. The van der Waals surface area contributed by atoms with Crippen molar-refractivity contribution in [1.29, 1.82) is 0 Å². The van der Waals surface area contributed by atoms with Crippen LogP contribution in [0.2, 0.25) is 0 Å². The lowest BCUT2D eigenvalue weighted by Crippen LogP contribution is -2.32. The molecule has 2 aromatic carbocycles. The van der Waals surface area contributed by atoms with E-state index in [2.05, 4.69) is 26.0 Å². The predicted molar refractivity (Wildman–Crippen MR) is 128 cm³/mol. The lowest BCUT2D eigenvalue weighted by molar-refractivity contribution is -0.113. The molecule has 2 aromatic heterocycles. The number of thiazole rings is 1. The molecule has 162 valence electrons. The Kier molecular flexibility index (Phi) is 5.30. The molecule has 0 saturated heterocycles. The highest BCUT2D eigenvalue weighted by Gasteiger charge is 2.34. The second-order valence-corrected chi connectivity index (χ2v) is 9.21. The highest BCUT2D eigenvalue weighted by Crippen LogP contribution is 2.37. The molecule has 0 bridgehead atoms. The summed E-state index contributed by atoms with van der Waals surface area (Å²) >= 11 is 4.68. The smallest absolute Gasteiger partial charge is 0.291 e. The zero-order chi connectivity index (χ0) is 22.4. The van der Waals surface area contributed by atoms with E-state index in [1.165, 1.54) is 15.9 Å². The highest BCUT2D eigenvalue weighted by atomic mass is 79.9. The zero-order valence-electron chi connectivity index (χ0n) is 17.5. The summed E-state index contributed by atoms with van der Waals surface area (Å²) in [6.07, 6.45) is 0.819. The minimum atomic E-state index is -0.331. The van der Waals surface area contributed by atoms with Crippen molar-refractivity contribution in [3.8, 4) is 17.1 Å². The van der Waals surface area contributed by atoms with E-state index in [1.54, 1.807) is 4.90 Å². The molecule has 0 saturated carbocycles. The quantitative estimate of drug-likeness (QED) is 0.409. The number of rotatable bonds is 5. The third-order valence-electron chi connectivity index (χ3n) is 5.23. The molecule has 3 heterocycles. The van der Waals surface area contributed by atoms with Crippen LogP contribution in [0, 0.1) is 0 Å². The molecule has 1 amide bonds. The van der Waals surface area contributed by atoms with Crippen molar-refractivity contribution in [2.75, 3.05) is 18.1 Å². The number of fused-ring (bicyclic) bond motifs is 2. The van der Waals surface area contributed by atoms with Gasteiger partial charge in [0.05, 0.1) is 17.9 Å². The molecule has 9 heteroatoms. The molecule has 0 N–H and O–H groups in total. The van der Waals surface area contributed by atoms with E-state index in [9.17, 15) is 9.59 Å². The van der Waals surface area contributed by atoms with Crippen LogP contribution in [0.25, 0.3) is 21.9 Å². The maximum atomic E-state index is 13.3. The highest BCUT2D eigenvalue weighted by molar-refractivity contribution is 9.10. The van der Waals surface area contributed by atoms with Gasteiger partial charge in [0, 0.05) is 22.1 Å². The van der Waals surface area contributed by atoms with Crippen LogP contribution in [0.5, 0.6) is 5.75 Å². The summed E-state index contributed by atoms with van der Waals surface area (Å²) in [6.45, 7) is 5.13. The van der Waals surface area contributed by atoms with Gasteiger partial charge in [0.25, 0.3) is 11.5 Å². The number of carbonyl (C=O) groups is 1. The standard InChI is InChI=1S/C23H19BrN4O3S/c1-3-11-27-17-10-7-14(24)12-16(17)18(21(27)29)19-22(30)28-23(32-19)25-20(26-28)13-5-8-15(9-6-13)31-4-2/h5-10,12H,3-4,11H2,1-2H3/b19-18-. The van der Waals surface area contributed by atoms with Gasteiger partial charge in [0.2, 0.25) is 4.96 Å². The number of halogens is 1. The number of anilines is 1. The average molecular weight is 511 g/mol. The second kappa shape index (κ2) is 8.14. The third kappa shape index (κ3) is 3.32. The van der Waals surface area contributed by atoms with Crippen molar-refractivity contribution < 1.29 is 9.53 Å². The van der Waals surface area contributed by atoms with Gasteiger partial charge in [0.15, 0.2) is 5.82 Å². The van der Waals surface area contributed by atoms with Gasteiger partial charge in [-0.2, -0.15) is 9.50 Å². The minimum Gasteiger partial charge on any atom is -0.494 e. The van der Waals surface area contributed by atoms with Crippen LogP contribution in [0.3, 0.4) is 0 Å². The van der Waals surface area contributed by atoms with Crippen molar-refractivity contribution in [3.63, 3.8) is 0 Å². The molecule has 0 atom stereocenters. The van der Waals surface area contributed by atoms with E-state index in [1.807, 2.05) is 56.3 Å². The van der Waals surface area contributed by atoms with E-state index in [0.29, 0.717) is 34.0 Å². The Morgan fingerprint density at radius 2 is 1.88 bits per heavy atom. The number of benzene rings is 2. The van der Waals surface area contributed by atoms with Crippen LogP contribution >= 0.6 is 27.3 Å². The van der Waals surface area contributed by atoms with Crippen molar-refractivity contribution in [3.05, 3.63) is 67.4 Å². The molecule has 0 radical (unpaired) electrons. The molecule has 0 fully saturated rings. The molecule has 32 heavy (non-hydrogen) atoms. The van der Waals surface area contributed by atoms with Crippen LogP contribution in [0.1, 0.15) is 25.8 Å². The van der Waals surface area contributed by atoms with Crippen LogP contribution in [-0.4, -0.2) is 33.7 Å². The van der Waals surface area contributed by atoms with E-state index >= 15 is 0 Å². The topological polar surface area (TPSA) is 76.8 Å². The molecule has 1 aliphatic heterocycles. The molecule has 1 aliphatic rings. The SMILES string of the molecule is CCCN1C(=O)/C(=c2\sc3nc(-c4ccc(OCC)cc4)nn3c2=O)c2cc(Br)ccc21. The fraction of sp³-hybridized carbons (Fsp3) is 0.217. The van der Waals surface area contributed by atoms with Crippen LogP contribution < -0.4 is 19.7 Å². The lowest BCUT2D eigenvalue weighted by atomic mass is 10.1. The summed E-state index contributed by atoms with van der Waals surface area (Å²) < 4.78 is 7.97. The normalized spacial score (nSPS) is 15.0. The van der Waals surface area contributed by atoms with Crippen molar-refractivity contribution in [2.45, 2.75) is 20.3 Å². The van der Waals surface area contributed by atoms with Gasteiger partial charge in [0.1, 0.15) is 10.3 Å². The van der Waals surface area contributed by atoms with Crippen LogP contribution in [0.4, 0.5) is 5.69 Å². The number of carbonyl (C=O) groups excluding carboxylic acids is 1. The molecule has 4 aromatic rings. The summed E-state index contributed by atoms with van der Waals surface area (Å²) in [4.78, 5) is 33.3. The van der Waals surface area contributed by atoms with Crippen LogP contribution in [0.15, 0.2) is 51.7 Å². The zero-order valence-corrected chi connectivity index (χ0v) is 19.9. The lowest BCUT2D eigenvalue weighted by Gasteiger charge is -2.15. The maximum absolute atomic E-state index is 13.3. The molecule has 0 spiro atoms. The number of hydrogen-bond donors (Lipinski definition) is 0. The maximum Gasteiger partial charge on any atom is 0.291 e. The van der Waals surface area contributed by atoms with Crippen molar-refractivity contribution >= 4 is 49.4 Å². The number of nitrogens with zero attached hydrogens (tertiary/aromatic N) is 4. The van der Waals surface area contributed by atoms with Gasteiger partial charge >= 0.3 is 0 Å². The predicted octanol–water partition coefficient (Wildman–Crippen LogP) is 3.65. The van der Waals surface area contributed by atoms with Crippen molar-refractivity contribution in [2.24, 2.45) is 0 Å². The van der Waals surface area contributed by atoms with E-state index in [4.69, 9.17) is 4.74 Å². The van der Waals surface area contributed by atoms with E-state index in [-0.39, 0.29) is 11.5 Å². The summed E-state index contributed by atoms with van der Waals surface area (Å²) in [5, 5.41) is 4.42. The first-order valence-corrected chi connectivity index (χ1v) is 11.9. The summed E-state index contributed by atoms with van der Waals surface area (Å²) in [5.74, 6) is 1.07. The number of hydrogen-bond acceptors (Lipinski definition) is 6. The van der Waals surface area contributed by atoms with Gasteiger partial charge in [-0.05, 0) is 55.8 Å². The summed E-state index contributed by atoms with van der Waals surface area (Å²) in [6, 6.07) is 13.1. The van der Waals surface area contributed by atoms with E-state index in [0.717, 1.165) is 33.5 Å². The van der Waals surface area contributed by atoms with Gasteiger partial charge in [-0.1, -0.05) is 34.2 Å². The molecule has 0 aliphatic carbocycles. The van der Waals surface area contributed by atoms with Gasteiger partial charge in [-0.3, -0.25) is 9.59 Å². The first kappa shape index (κ1) is 20.8. The molecule has 5 rings (SSSR count). The summed E-state index contributed by atoms with van der Waals surface area (Å²) in [7, 11) is 0. The van der Waals surface area contributed by atoms with Gasteiger partial charge in [-0.15, -0.1) is 5.10 Å². The van der Waals surface area contributed by atoms with Gasteiger partial charge in [-0.25, -0.2) is 0 Å². The largest absolute Gasteiger partial charge is 0.494 e. The molecular weight excluding hydrogens is 492 g/mol. The second-order valence-electron chi connectivity index (χ2n) is 7.32. The van der Waals surface area contributed by atoms with Crippen molar-refractivity contribution in [1.82, 2.24) is 14.6 Å². The molecule has 7 nitrogen and oxygen atoms in total. The first-order chi connectivity index (χ1) is 15.5. The number of amides is 1. The minimum absolute atomic E-state index is 0.159. The monoisotopic (exact) mass is 510 g/mol.